The summed E-state index contributed by atoms with van der Waals surface area (Å²) in [5.41, 5.74) is 5.40. The molecule has 1 rings (SSSR count). The SMILES string of the molecule is CC(C)C[C@H](NC(=O)[C@@H]1O[C@H]1C(=O)O)C(=O)NCCCC[C@H](N)C(=O)O. The molecule has 10 nitrogen and oxygen atoms in total. The van der Waals surface area contributed by atoms with Gasteiger partial charge in [0.1, 0.15) is 12.1 Å². The van der Waals surface area contributed by atoms with E-state index in [1.165, 1.54) is 0 Å². The van der Waals surface area contributed by atoms with Gasteiger partial charge in [0.25, 0.3) is 5.91 Å². The van der Waals surface area contributed by atoms with Crippen LogP contribution in [0, 0.1) is 5.92 Å². The van der Waals surface area contributed by atoms with Gasteiger partial charge < -0.3 is 31.3 Å². The van der Waals surface area contributed by atoms with E-state index < -0.39 is 42.1 Å². The topological polar surface area (TPSA) is 171 Å². The molecule has 0 unspecified atom stereocenters. The molecule has 4 atom stereocenters. The molecule has 148 valence electrons. The lowest BCUT2D eigenvalue weighted by molar-refractivity contribution is -0.139. The number of carboxylic acid groups (broad SMARTS) is 2. The number of nitrogens with two attached hydrogens (primary N) is 1. The number of hydrogen-bond donors (Lipinski definition) is 5. The Bertz CT molecular complexity index is 538. The average molecular weight is 373 g/mol. The molecule has 1 aliphatic rings. The van der Waals surface area contributed by atoms with Crippen molar-refractivity contribution in [2.45, 2.75) is 63.8 Å². The number of unbranched alkanes of at least 4 members (excludes halogenated alkanes) is 1. The van der Waals surface area contributed by atoms with Gasteiger partial charge in [-0.2, -0.15) is 0 Å². The molecule has 0 bridgehead atoms. The van der Waals surface area contributed by atoms with Gasteiger partial charge in [-0.15, -0.1) is 0 Å². The number of aliphatic carboxylic acids is 2. The normalized spacial score (nSPS) is 20.9. The van der Waals surface area contributed by atoms with E-state index in [9.17, 15) is 19.2 Å². The van der Waals surface area contributed by atoms with Gasteiger partial charge in [0.05, 0.1) is 0 Å². The molecule has 10 heteroatoms. The Balaban J connectivity index is 2.40. The van der Waals surface area contributed by atoms with Gasteiger partial charge in [-0.05, 0) is 31.6 Å². The fourth-order valence-corrected chi connectivity index (χ4v) is 2.40. The zero-order chi connectivity index (χ0) is 19.9. The van der Waals surface area contributed by atoms with E-state index in [-0.39, 0.29) is 11.8 Å². The number of rotatable bonds is 12. The lowest BCUT2D eigenvalue weighted by Gasteiger charge is -2.20. The molecule has 0 saturated carbocycles. The minimum Gasteiger partial charge on any atom is -0.480 e. The maximum Gasteiger partial charge on any atom is 0.336 e. The lowest BCUT2D eigenvalue weighted by Crippen LogP contribution is -2.49. The van der Waals surface area contributed by atoms with Crippen LogP contribution in [-0.4, -0.2) is 64.8 Å². The Morgan fingerprint density at radius 2 is 1.77 bits per heavy atom. The number of carbonyl (C=O) groups excluding carboxylic acids is 2. The lowest BCUT2D eigenvalue weighted by atomic mass is 10.0. The highest BCUT2D eigenvalue weighted by atomic mass is 16.6. The molecule has 0 aliphatic carbocycles. The summed E-state index contributed by atoms with van der Waals surface area (Å²) in [6.07, 6.45) is -0.407. The second-order valence-electron chi connectivity index (χ2n) is 6.74. The van der Waals surface area contributed by atoms with Gasteiger partial charge in [-0.3, -0.25) is 14.4 Å². The number of epoxide rings is 1. The maximum atomic E-state index is 12.3. The number of hydrogen-bond acceptors (Lipinski definition) is 6. The first kappa shape index (κ1) is 21.8. The quantitative estimate of drug-likeness (QED) is 0.215. The van der Waals surface area contributed by atoms with Crippen molar-refractivity contribution in [3.8, 4) is 0 Å². The van der Waals surface area contributed by atoms with E-state index in [1.807, 2.05) is 13.8 Å². The van der Waals surface area contributed by atoms with Crippen LogP contribution in [0.1, 0.15) is 39.5 Å². The predicted molar refractivity (Wildman–Crippen MR) is 90.2 cm³/mol. The van der Waals surface area contributed by atoms with Crippen LogP contribution in [0.4, 0.5) is 0 Å². The molecule has 1 aliphatic heterocycles. The van der Waals surface area contributed by atoms with Crippen LogP contribution in [0.5, 0.6) is 0 Å². The Labute approximate surface area is 151 Å². The van der Waals surface area contributed by atoms with Gasteiger partial charge in [0.15, 0.2) is 12.2 Å². The minimum absolute atomic E-state index is 0.134. The molecule has 6 N–H and O–H groups in total. The van der Waals surface area contributed by atoms with Crippen LogP contribution in [0.2, 0.25) is 0 Å². The van der Waals surface area contributed by atoms with Gasteiger partial charge in [0.2, 0.25) is 5.91 Å². The number of amides is 2. The second kappa shape index (κ2) is 10.1. The first-order valence-electron chi connectivity index (χ1n) is 8.58. The minimum atomic E-state index is -1.21. The fraction of sp³-hybridized carbons (Fsp3) is 0.750. The smallest absolute Gasteiger partial charge is 0.336 e. The number of carbonyl (C=O) groups is 4. The number of carboxylic acids is 2. The molecule has 0 spiro atoms. The molecular weight excluding hydrogens is 346 g/mol. The third kappa shape index (κ3) is 7.36. The highest BCUT2D eigenvalue weighted by Crippen LogP contribution is 2.22. The summed E-state index contributed by atoms with van der Waals surface area (Å²) in [5, 5.41) is 22.7. The van der Waals surface area contributed by atoms with Gasteiger partial charge in [0, 0.05) is 6.54 Å². The Morgan fingerprint density at radius 1 is 1.12 bits per heavy atom. The first-order chi connectivity index (χ1) is 12.1. The standard InChI is InChI=1S/C16H27N3O7/c1-8(2)7-10(19-14(21)11-12(26-11)16(24)25)13(20)18-6-4-3-5-9(17)15(22)23/h8-12H,3-7,17H2,1-2H3,(H,18,20)(H,19,21)(H,22,23)(H,24,25)/t9-,10-,11+,12+/m0/s1. The summed E-state index contributed by atoms with van der Waals surface area (Å²) < 4.78 is 4.78. The van der Waals surface area contributed by atoms with E-state index in [1.54, 1.807) is 0 Å². The summed E-state index contributed by atoms with van der Waals surface area (Å²) in [6, 6.07) is -1.71. The number of ether oxygens (including phenoxy) is 1. The van der Waals surface area contributed by atoms with Gasteiger partial charge >= 0.3 is 11.9 Å². The Morgan fingerprint density at radius 3 is 2.27 bits per heavy atom. The maximum absolute atomic E-state index is 12.3. The average Bonchev–Trinajstić information content (AvgIpc) is 3.33. The number of nitrogens with one attached hydrogen (secondary N) is 2. The van der Waals surface area contributed by atoms with E-state index in [0.717, 1.165) is 0 Å². The van der Waals surface area contributed by atoms with Crippen LogP contribution in [0.15, 0.2) is 0 Å². The second-order valence-corrected chi connectivity index (χ2v) is 6.74. The Kier molecular flexibility index (Phi) is 8.46. The van der Waals surface area contributed by atoms with Crippen LogP contribution in [0.3, 0.4) is 0 Å². The van der Waals surface area contributed by atoms with Crippen LogP contribution in [0.25, 0.3) is 0 Å². The van der Waals surface area contributed by atoms with E-state index in [4.69, 9.17) is 20.7 Å². The molecule has 1 heterocycles. The highest BCUT2D eigenvalue weighted by molar-refractivity contribution is 5.95. The fourth-order valence-electron chi connectivity index (χ4n) is 2.40. The van der Waals surface area contributed by atoms with Crippen molar-refractivity contribution in [1.82, 2.24) is 10.6 Å². The molecule has 26 heavy (non-hydrogen) atoms. The molecule has 0 aromatic heterocycles. The van der Waals surface area contributed by atoms with Crippen LogP contribution < -0.4 is 16.4 Å². The molecule has 0 aromatic rings. The van der Waals surface area contributed by atoms with Crippen LogP contribution in [-0.2, 0) is 23.9 Å². The molecule has 1 fully saturated rings. The summed E-state index contributed by atoms with van der Waals surface area (Å²) in [7, 11) is 0. The van der Waals surface area contributed by atoms with Crippen molar-refractivity contribution >= 4 is 23.8 Å². The largest absolute Gasteiger partial charge is 0.480 e. The third-order valence-electron chi connectivity index (χ3n) is 3.89. The van der Waals surface area contributed by atoms with E-state index in [2.05, 4.69) is 10.6 Å². The van der Waals surface area contributed by atoms with Crippen molar-refractivity contribution < 1.29 is 34.1 Å². The zero-order valence-electron chi connectivity index (χ0n) is 14.9. The molecule has 0 radical (unpaired) electrons. The van der Waals surface area contributed by atoms with Gasteiger partial charge in [-0.25, -0.2) is 4.79 Å². The summed E-state index contributed by atoms with van der Waals surface area (Å²) in [6.45, 7) is 4.12. The van der Waals surface area contributed by atoms with Crippen molar-refractivity contribution in [3.05, 3.63) is 0 Å². The molecular formula is C16H27N3O7. The zero-order valence-corrected chi connectivity index (χ0v) is 14.9. The van der Waals surface area contributed by atoms with Gasteiger partial charge in [-0.1, -0.05) is 13.8 Å². The summed E-state index contributed by atoms with van der Waals surface area (Å²) >= 11 is 0. The molecule has 0 aromatic carbocycles. The third-order valence-corrected chi connectivity index (χ3v) is 3.89. The van der Waals surface area contributed by atoms with Crippen LogP contribution >= 0.6 is 0 Å². The highest BCUT2D eigenvalue weighted by Gasteiger charge is 2.51. The Hall–Kier alpha value is -2.20. The first-order valence-corrected chi connectivity index (χ1v) is 8.58. The summed E-state index contributed by atoms with van der Waals surface area (Å²) in [5.74, 6) is -3.13. The van der Waals surface area contributed by atoms with Crippen molar-refractivity contribution in [2.24, 2.45) is 11.7 Å². The predicted octanol–water partition coefficient (Wildman–Crippen LogP) is -0.932. The van der Waals surface area contributed by atoms with Crippen molar-refractivity contribution in [1.29, 1.82) is 0 Å². The molecule has 1 saturated heterocycles. The molecule has 2 amide bonds. The monoisotopic (exact) mass is 373 g/mol. The van der Waals surface area contributed by atoms with Crippen molar-refractivity contribution in [3.63, 3.8) is 0 Å². The van der Waals surface area contributed by atoms with Crippen molar-refractivity contribution in [2.75, 3.05) is 6.54 Å². The van der Waals surface area contributed by atoms with E-state index >= 15 is 0 Å². The van der Waals surface area contributed by atoms with E-state index in [0.29, 0.717) is 32.2 Å². The summed E-state index contributed by atoms with van der Waals surface area (Å²) in [4.78, 5) is 45.6.